The maximum atomic E-state index is 5.76. The molecule has 2 heterocycles. The summed E-state index contributed by atoms with van der Waals surface area (Å²) in [6, 6.07) is 0. The topological polar surface area (TPSA) is 32.5 Å². The molecular weight excluding hydrogens is 162 g/mol. The molecule has 0 aliphatic carbocycles. The van der Waals surface area contributed by atoms with Gasteiger partial charge in [-0.05, 0) is 32.9 Å². The summed E-state index contributed by atoms with van der Waals surface area (Å²) in [6.45, 7) is 7.40. The molecule has 3 nitrogen and oxygen atoms in total. The van der Waals surface area contributed by atoms with E-state index in [0.29, 0.717) is 5.54 Å². The highest BCUT2D eigenvalue weighted by molar-refractivity contribution is 5.00. The van der Waals surface area contributed by atoms with Gasteiger partial charge in [-0.1, -0.05) is 13.8 Å². The fourth-order valence-electron chi connectivity index (χ4n) is 2.48. The molecule has 1 unspecified atom stereocenters. The van der Waals surface area contributed by atoms with Crippen LogP contribution in [0.3, 0.4) is 0 Å². The van der Waals surface area contributed by atoms with Gasteiger partial charge < -0.3 is 0 Å². The summed E-state index contributed by atoms with van der Waals surface area (Å²) in [4.78, 5) is 2.49. The highest BCUT2D eigenvalue weighted by Gasteiger charge is 2.43. The molecule has 2 aliphatic rings. The van der Waals surface area contributed by atoms with Gasteiger partial charge in [-0.15, -0.1) is 0 Å². The number of hydrazine groups is 1. The van der Waals surface area contributed by atoms with Gasteiger partial charge in [0.15, 0.2) is 0 Å². The number of rotatable bonds is 0. The second-order valence-corrected chi connectivity index (χ2v) is 3.97. The Labute approximate surface area is 81.8 Å². The molecule has 1 spiro atoms. The lowest BCUT2D eigenvalue weighted by Gasteiger charge is -2.31. The van der Waals surface area contributed by atoms with Crippen molar-refractivity contribution < 1.29 is 0 Å². The van der Waals surface area contributed by atoms with E-state index in [0.717, 1.165) is 13.1 Å². The molecule has 78 valence electrons. The zero-order valence-electron chi connectivity index (χ0n) is 9.21. The molecule has 2 N–H and O–H groups in total. The van der Waals surface area contributed by atoms with E-state index < -0.39 is 0 Å². The molecule has 2 saturated heterocycles. The number of likely N-dealkylation sites (N-methyl/N-ethyl adjacent to an activating group) is 1. The van der Waals surface area contributed by atoms with Crippen LogP contribution in [0.5, 0.6) is 0 Å². The molecule has 2 aliphatic heterocycles. The highest BCUT2D eigenvalue weighted by atomic mass is 15.4. The monoisotopic (exact) mass is 185 g/mol. The fourth-order valence-corrected chi connectivity index (χ4v) is 2.48. The number of nitrogens with two attached hydrogens (primary N) is 1. The lowest BCUT2D eigenvalue weighted by atomic mass is 9.96. The third-order valence-corrected chi connectivity index (χ3v) is 3.31. The fraction of sp³-hybridized carbons (Fsp3) is 1.00. The average molecular weight is 185 g/mol. The summed E-state index contributed by atoms with van der Waals surface area (Å²) in [6.07, 6.45) is 3.96. The first kappa shape index (κ1) is 11.0. The lowest BCUT2D eigenvalue weighted by Crippen LogP contribution is -2.44. The smallest absolute Gasteiger partial charge is 0.0360 e. The maximum Gasteiger partial charge on any atom is 0.0360 e. The standard InChI is InChI=1S/C8H17N3.C2H6/c1-10-5-2-3-8(10)4-6-11(9)7-8;1-2/h2-7,9H2,1H3;1-2H3. The van der Waals surface area contributed by atoms with Crippen LogP contribution in [0, 0.1) is 0 Å². The number of hydrogen-bond donors (Lipinski definition) is 1. The van der Waals surface area contributed by atoms with E-state index >= 15 is 0 Å². The van der Waals surface area contributed by atoms with Crippen LogP contribution in [-0.2, 0) is 0 Å². The van der Waals surface area contributed by atoms with Gasteiger partial charge in [0.05, 0.1) is 0 Å². The van der Waals surface area contributed by atoms with Gasteiger partial charge in [0, 0.05) is 18.6 Å². The summed E-state index contributed by atoms with van der Waals surface area (Å²) in [5, 5.41) is 1.96. The van der Waals surface area contributed by atoms with Crippen molar-refractivity contribution in [2.75, 3.05) is 26.7 Å². The van der Waals surface area contributed by atoms with E-state index in [4.69, 9.17) is 5.84 Å². The Balaban J connectivity index is 0.000000396. The predicted octanol–water partition coefficient (Wildman–Crippen LogP) is 1.06. The molecule has 3 heteroatoms. The maximum absolute atomic E-state index is 5.76. The molecular formula is C10H23N3. The molecule has 0 aromatic heterocycles. The number of hydrogen-bond acceptors (Lipinski definition) is 3. The third kappa shape index (κ3) is 2.03. The van der Waals surface area contributed by atoms with Gasteiger partial charge >= 0.3 is 0 Å². The Morgan fingerprint density at radius 2 is 1.85 bits per heavy atom. The van der Waals surface area contributed by atoms with Crippen molar-refractivity contribution in [3.63, 3.8) is 0 Å². The van der Waals surface area contributed by atoms with Crippen LogP contribution >= 0.6 is 0 Å². The summed E-state index contributed by atoms with van der Waals surface area (Å²) in [5.74, 6) is 5.76. The summed E-state index contributed by atoms with van der Waals surface area (Å²) in [5.41, 5.74) is 0.453. The van der Waals surface area contributed by atoms with E-state index in [1.807, 2.05) is 18.9 Å². The first-order chi connectivity index (χ1) is 6.23. The second kappa shape index (κ2) is 4.40. The Hall–Kier alpha value is -0.120. The molecule has 1 atom stereocenters. The minimum absolute atomic E-state index is 0.453. The van der Waals surface area contributed by atoms with Crippen LogP contribution in [0.25, 0.3) is 0 Å². The Morgan fingerprint density at radius 1 is 1.15 bits per heavy atom. The largest absolute Gasteiger partial charge is 0.299 e. The van der Waals surface area contributed by atoms with Crippen LogP contribution in [0.15, 0.2) is 0 Å². The Bertz CT molecular complexity index is 160. The summed E-state index contributed by atoms with van der Waals surface area (Å²) in [7, 11) is 2.23. The first-order valence-electron chi connectivity index (χ1n) is 5.44. The summed E-state index contributed by atoms with van der Waals surface area (Å²) >= 11 is 0. The first-order valence-corrected chi connectivity index (χ1v) is 5.44. The minimum atomic E-state index is 0.453. The van der Waals surface area contributed by atoms with Crippen LogP contribution in [0.1, 0.15) is 33.1 Å². The predicted molar refractivity (Wildman–Crippen MR) is 56.3 cm³/mol. The molecule has 0 amide bonds. The molecule has 0 saturated carbocycles. The van der Waals surface area contributed by atoms with Gasteiger partial charge in [-0.3, -0.25) is 10.7 Å². The van der Waals surface area contributed by atoms with Crippen molar-refractivity contribution in [3.05, 3.63) is 0 Å². The van der Waals surface area contributed by atoms with E-state index in [1.54, 1.807) is 0 Å². The van der Waals surface area contributed by atoms with E-state index in [9.17, 15) is 0 Å². The zero-order valence-corrected chi connectivity index (χ0v) is 9.21. The van der Waals surface area contributed by atoms with Gasteiger partial charge in [0.2, 0.25) is 0 Å². The van der Waals surface area contributed by atoms with Gasteiger partial charge in [0.25, 0.3) is 0 Å². The molecule has 0 aromatic carbocycles. The lowest BCUT2D eigenvalue weighted by molar-refractivity contribution is 0.174. The quantitative estimate of drug-likeness (QED) is 0.573. The van der Waals surface area contributed by atoms with Crippen molar-refractivity contribution in [3.8, 4) is 0 Å². The van der Waals surface area contributed by atoms with Crippen molar-refractivity contribution in [2.45, 2.75) is 38.6 Å². The highest BCUT2D eigenvalue weighted by Crippen LogP contribution is 2.34. The van der Waals surface area contributed by atoms with Crippen LogP contribution in [0.4, 0.5) is 0 Å². The molecule has 0 bridgehead atoms. The molecule has 0 aromatic rings. The van der Waals surface area contributed by atoms with E-state index in [1.165, 1.54) is 25.8 Å². The third-order valence-electron chi connectivity index (χ3n) is 3.31. The Morgan fingerprint density at radius 3 is 2.23 bits per heavy atom. The molecule has 2 fully saturated rings. The van der Waals surface area contributed by atoms with Crippen molar-refractivity contribution in [1.82, 2.24) is 9.91 Å². The van der Waals surface area contributed by atoms with Crippen LogP contribution < -0.4 is 5.84 Å². The SMILES string of the molecule is CC.CN1CCCC12CCN(N)C2. The van der Waals surface area contributed by atoms with Crippen molar-refractivity contribution in [2.24, 2.45) is 5.84 Å². The molecule has 0 radical (unpaired) electrons. The van der Waals surface area contributed by atoms with Crippen LogP contribution in [0.2, 0.25) is 0 Å². The zero-order chi connectivity index (χ0) is 9.90. The van der Waals surface area contributed by atoms with E-state index in [2.05, 4.69) is 11.9 Å². The average Bonchev–Trinajstić information content (AvgIpc) is 2.67. The van der Waals surface area contributed by atoms with Crippen molar-refractivity contribution >= 4 is 0 Å². The summed E-state index contributed by atoms with van der Waals surface area (Å²) < 4.78 is 0. The van der Waals surface area contributed by atoms with E-state index in [-0.39, 0.29) is 0 Å². The molecule has 13 heavy (non-hydrogen) atoms. The second-order valence-electron chi connectivity index (χ2n) is 3.97. The van der Waals surface area contributed by atoms with Gasteiger partial charge in [-0.2, -0.15) is 0 Å². The van der Waals surface area contributed by atoms with Gasteiger partial charge in [-0.25, -0.2) is 5.01 Å². The number of nitrogens with zero attached hydrogens (tertiary/aromatic N) is 2. The van der Waals surface area contributed by atoms with Gasteiger partial charge in [0.1, 0.15) is 0 Å². The normalized spacial score (nSPS) is 35.1. The van der Waals surface area contributed by atoms with Crippen molar-refractivity contribution in [1.29, 1.82) is 0 Å². The number of likely N-dealkylation sites (tertiary alicyclic amines) is 1. The minimum Gasteiger partial charge on any atom is -0.299 e. The molecule has 2 rings (SSSR count). The van der Waals surface area contributed by atoms with Crippen LogP contribution in [-0.4, -0.2) is 42.1 Å². The Kier molecular flexibility index (Phi) is 3.71.